The number of ether oxygens (including phenoxy) is 2. The van der Waals surface area contributed by atoms with E-state index in [0.717, 1.165) is 10.5 Å². The molecule has 6 nitrogen and oxygen atoms in total. The molecule has 0 atom stereocenters. The van der Waals surface area contributed by atoms with E-state index in [1.807, 2.05) is 19.1 Å². The van der Waals surface area contributed by atoms with E-state index in [9.17, 15) is 14.4 Å². The summed E-state index contributed by atoms with van der Waals surface area (Å²) in [6.07, 6.45) is 0. The summed E-state index contributed by atoms with van der Waals surface area (Å²) in [6.45, 7) is 1.36. The van der Waals surface area contributed by atoms with Gasteiger partial charge in [0.1, 0.15) is 18.9 Å². The number of amides is 2. The molecule has 0 fully saturated rings. The first kappa shape index (κ1) is 19.2. The number of carbonyl (C=O) groups is 3. The van der Waals surface area contributed by atoms with Crippen LogP contribution in [-0.2, 0) is 16.1 Å². The topological polar surface area (TPSA) is 72.9 Å². The lowest BCUT2D eigenvalue weighted by molar-refractivity contribution is -0.145. The van der Waals surface area contributed by atoms with Crippen molar-refractivity contribution in [3.05, 3.63) is 62.6 Å². The van der Waals surface area contributed by atoms with Crippen LogP contribution >= 0.6 is 23.2 Å². The first-order chi connectivity index (χ1) is 12.8. The average molecular weight is 408 g/mol. The maximum atomic E-state index is 12.4. The number of benzene rings is 2. The van der Waals surface area contributed by atoms with Crippen LogP contribution in [-0.4, -0.2) is 36.3 Å². The summed E-state index contributed by atoms with van der Waals surface area (Å²) in [5.41, 5.74) is 1.90. The molecule has 0 bridgehead atoms. The zero-order chi connectivity index (χ0) is 19.7. The summed E-state index contributed by atoms with van der Waals surface area (Å²) >= 11 is 11.8. The molecule has 1 aliphatic rings. The van der Waals surface area contributed by atoms with Crippen molar-refractivity contribution < 1.29 is 23.9 Å². The van der Waals surface area contributed by atoms with Crippen molar-refractivity contribution in [2.75, 3.05) is 13.7 Å². The van der Waals surface area contributed by atoms with E-state index in [1.54, 1.807) is 6.07 Å². The highest BCUT2D eigenvalue weighted by atomic mass is 35.5. The van der Waals surface area contributed by atoms with E-state index in [1.165, 1.54) is 19.2 Å². The molecule has 0 saturated carbocycles. The van der Waals surface area contributed by atoms with Gasteiger partial charge in [-0.1, -0.05) is 34.8 Å². The highest BCUT2D eigenvalue weighted by Crippen LogP contribution is 2.31. The number of hydrogen-bond acceptors (Lipinski definition) is 5. The largest absolute Gasteiger partial charge is 0.496 e. The zero-order valence-electron chi connectivity index (χ0n) is 14.5. The fourth-order valence-electron chi connectivity index (χ4n) is 2.78. The molecule has 0 saturated heterocycles. The minimum absolute atomic E-state index is 0.0372. The van der Waals surface area contributed by atoms with Crippen LogP contribution in [0.1, 0.15) is 31.8 Å². The molecule has 0 unspecified atom stereocenters. The number of rotatable bonds is 5. The Morgan fingerprint density at radius 3 is 2.19 bits per heavy atom. The van der Waals surface area contributed by atoms with Crippen LogP contribution in [0.25, 0.3) is 0 Å². The Labute approximate surface area is 165 Å². The third kappa shape index (κ3) is 3.77. The van der Waals surface area contributed by atoms with E-state index < -0.39 is 24.3 Å². The van der Waals surface area contributed by atoms with Gasteiger partial charge in [0.2, 0.25) is 0 Å². The van der Waals surface area contributed by atoms with E-state index in [0.29, 0.717) is 11.3 Å². The van der Waals surface area contributed by atoms with Gasteiger partial charge in [-0.2, -0.15) is 0 Å². The second-order valence-electron chi connectivity index (χ2n) is 5.98. The first-order valence-corrected chi connectivity index (χ1v) is 8.71. The summed E-state index contributed by atoms with van der Waals surface area (Å²) in [5, 5.41) is 0.320. The molecule has 0 spiro atoms. The highest BCUT2D eigenvalue weighted by molar-refractivity contribution is 6.43. The number of halogens is 2. The maximum Gasteiger partial charge on any atom is 0.326 e. The van der Waals surface area contributed by atoms with Crippen LogP contribution in [0, 0.1) is 6.92 Å². The summed E-state index contributed by atoms with van der Waals surface area (Å²) in [6, 6.07) is 8.12. The lowest BCUT2D eigenvalue weighted by Gasteiger charge is -2.14. The SMILES string of the molecule is COc1ccc(C)cc1COC(=O)CN1C(=O)c2cc(Cl)c(Cl)cc2C1=O. The van der Waals surface area contributed by atoms with Crippen molar-refractivity contribution in [1.82, 2.24) is 4.90 Å². The standard InChI is InChI=1S/C19H15Cl2NO5/c1-10-3-4-16(26-2)11(5-10)9-27-17(23)8-22-18(24)12-6-14(20)15(21)7-13(12)19(22)25/h3-7H,8-9H2,1-2H3. The predicted molar refractivity (Wildman–Crippen MR) is 99.4 cm³/mol. The zero-order valence-corrected chi connectivity index (χ0v) is 16.1. The van der Waals surface area contributed by atoms with Gasteiger partial charge >= 0.3 is 5.97 Å². The molecular formula is C19H15Cl2NO5. The Balaban J connectivity index is 1.69. The number of imide groups is 1. The quantitative estimate of drug-likeness (QED) is 0.558. The molecule has 3 rings (SSSR count). The van der Waals surface area contributed by atoms with Gasteiger partial charge in [-0.25, -0.2) is 0 Å². The van der Waals surface area contributed by atoms with Crippen molar-refractivity contribution in [3.63, 3.8) is 0 Å². The normalized spacial score (nSPS) is 13.0. The predicted octanol–water partition coefficient (Wildman–Crippen LogP) is 3.65. The summed E-state index contributed by atoms with van der Waals surface area (Å²) < 4.78 is 10.4. The van der Waals surface area contributed by atoms with Crippen molar-refractivity contribution in [3.8, 4) is 5.75 Å². The van der Waals surface area contributed by atoms with Crippen LogP contribution in [0.3, 0.4) is 0 Å². The number of carbonyl (C=O) groups excluding carboxylic acids is 3. The molecule has 8 heteroatoms. The molecule has 2 amide bonds. The molecule has 27 heavy (non-hydrogen) atoms. The number of fused-ring (bicyclic) bond motifs is 1. The molecule has 0 N–H and O–H groups in total. The minimum Gasteiger partial charge on any atom is -0.496 e. The van der Waals surface area contributed by atoms with Gasteiger partial charge in [0, 0.05) is 5.56 Å². The van der Waals surface area contributed by atoms with E-state index in [2.05, 4.69) is 0 Å². The van der Waals surface area contributed by atoms with Crippen molar-refractivity contribution in [1.29, 1.82) is 0 Å². The maximum absolute atomic E-state index is 12.4. The number of esters is 1. The van der Waals surface area contributed by atoms with Crippen LogP contribution in [0.2, 0.25) is 10.0 Å². The monoisotopic (exact) mass is 407 g/mol. The molecule has 0 radical (unpaired) electrons. The molecule has 0 aliphatic carbocycles. The van der Waals surface area contributed by atoms with Gasteiger partial charge in [-0.05, 0) is 31.2 Å². The molecule has 2 aromatic rings. The highest BCUT2D eigenvalue weighted by Gasteiger charge is 2.37. The Hall–Kier alpha value is -2.57. The smallest absolute Gasteiger partial charge is 0.326 e. The number of hydrogen-bond donors (Lipinski definition) is 0. The van der Waals surface area contributed by atoms with E-state index in [4.69, 9.17) is 32.7 Å². The third-order valence-corrected chi connectivity index (χ3v) is 4.85. The average Bonchev–Trinajstić information content (AvgIpc) is 2.85. The van der Waals surface area contributed by atoms with E-state index >= 15 is 0 Å². The minimum atomic E-state index is -0.717. The Kier molecular flexibility index (Phi) is 5.39. The lowest BCUT2D eigenvalue weighted by Crippen LogP contribution is -2.35. The van der Waals surface area contributed by atoms with Gasteiger partial charge in [0.15, 0.2) is 0 Å². The van der Waals surface area contributed by atoms with Gasteiger partial charge in [-0.3, -0.25) is 19.3 Å². The number of methoxy groups -OCH3 is 1. The molecule has 0 aromatic heterocycles. The Bertz CT molecular complexity index is 916. The van der Waals surface area contributed by atoms with Gasteiger partial charge in [0.25, 0.3) is 11.8 Å². The van der Waals surface area contributed by atoms with Gasteiger partial charge in [0.05, 0.1) is 28.3 Å². The molecule has 140 valence electrons. The summed E-state index contributed by atoms with van der Waals surface area (Å²) in [5.74, 6) is -1.36. The second-order valence-corrected chi connectivity index (χ2v) is 6.80. The Morgan fingerprint density at radius 2 is 1.63 bits per heavy atom. The van der Waals surface area contributed by atoms with Gasteiger partial charge in [-0.15, -0.1) is 0 Å². The van der Waals surface area contributed by atoms with Crippen LogP contribution in [0.5, 0.6) is 5.75 Å². The number of aryl methyl sites for hydroxylation is 1. The molecule has 1 aliphatic heterocycles. The fraction of sp³-hybridized carbons (Fsp3) is 0.211. The van der Waals surface area contributed by atoms with Crippen molar-refractivity contribution >= 4 is 41.0 Å². The molecule has 1 heterocycles. The first-order valence-electron chi connectivity index (χ1n) is 7.96. The molecular weight excluding hydrogens is 393 g/mol. The lowest BCUT2D eigenvalue weighted by atomic mass is 10.1. The van der Waals surface area contributed by atoms with Gasteiger partial charge < -0.3 is 9.47 Å². The number of nitrogens with zero attached hydrogens (tertiary/aromatic N) is 1. The van der Waals surface area contributed by atoms with Crippen molar-refractivity contribution in [2.45, 2.75) is 13.5 Å². The summed E-state index contributed by atoms with van der Waals surface area (Å²) in [7, 11) is 1.52. The second kappa shape index (κ2) is 7.58. The van der Waals surface area contributed by atoms with Crippen LogP contribution in [0.15, 0.2) is 30.3 Å². The molecule has 2 aromatic carbocycles. The third-order valence-electron chi connectivity index (χ3n) is 4.12. The van der Waals surface area contributed by atoms with Crippen molar-refractivity contribution in [2.24, 2.45) is 0 Å². The van der Waals surface area contributed by atoms with E-state index in [-0.39, 0.29) is 27.8 Å². The fourth-order valence-corrected chi connectivity index (χ4v) is 3.11. The van der Waals surface area contributed by atoms with Crippen LogP contribution < -0.4 is 4.74 Å². The summed E-state index contributed by atoms with van der Waals surface area (Å²) in [4.78, 5) is 37.8. The Morgan fingerprint density at radius 1 is 1.04 bits per heavy atom. The van der Waals surface area contributed by atoms with Crippen LogP contribution in [0.4, 0.5) is 0 Å².